The van der Waals surface area contributed by atoms with Gasteiger partial charge in [0.25, 0.3) is 5.69 Å². The minimum atomic E-state index is -0.434. The van der Waals surface area contributed by atoms with E-state index >= 15 is 0 Å². The van der Waals surface area contributed by atoms with Crippen molar-refractivity contribution in [2.24, 2.45) is 5.92 Å². The van der Waals surface area contributed by atoms with Crippen LogP contribution in [0.2, 0.25) is 0 Å². The Kier molecular flexibility index (Phi) is 4.46. The van der Waals surface area contributed by atoms with E-state index in [0.29, 0.717) is 13.1 Å². The molecule has 1 saturated heterocycles. The van der Waals surface area contributed by atoms with E-state index in [0.717, 1.165) is 24.9 Å². The van der Waals surface area contributed by atoms with Crippen LogP contribution in [0.1, 0.15) is 18.4 Å². The molecule has 102 valence electrons. The Morgan fingerprint density at radius 2 is 2.37 bits per heavy atom. The van der Waals surface area contributed by atoms with Crippen LogP contribution in [0, 0.1) is 16.0 Å². The first-order chi connectivity index (χ1) is 9.16. The van der Waals surface area contributed by atoms with Gasteiger partial charge >= 0.3 is 0 Å². The Labute approximate surface area is 111 Å². The van der Waals surface area contributed by atoms with Gasteiger partial charge in [0.15, 0.2) is 0 Å². The number of amides is 1. The zero-order valence-electron chi connectivity index (χ0n) is 10.6. The minimum absolute atomic E-state index is 0.00690. The molecular formula is C13H17N3O3. The van der Waals surface area contributed by atoms with Gasteiger partial charge in [-0.3, -0.25) is 14.9 Å². The summed E-state index contributed by atoms with van der Waals surface area (Å²) in [6.45, 7) is 2.01. The Hall–Kier alpha value is -1.95. The molecule has 0 aromatic heterocycles. The maximum atomic E-state index is 11.9. The number of nitrogens with one attached hydrogen (secondary N) is 2. The third kappa shape index (κ3) is 3.75. The average molecular weight is 263 g/mol. The highest BCUT2D eigenvalue weighted by molar-refractivity contribution is 5.78. The summed E-state index contributed by atoms with van der Waals surface area (Å²) >= 11 is 0. The van der Waals surface area contributed by atoms with Crippen molar-refractivity contribution >= 4 is 11.6 Å². The summed E-state index contributed by atoms with van der Waals surface area (Å²) in [5.41, 5.74) is 0.789. The molecule has 19 heavy (non-hydrogen) atoms. The number of non-ortho nitro benzene ring substituents is 1. The van der Waals surface area contributed by atoms with Crippen LogP contribution in [0.3, 0.4) is 0 Å². The number of nitro benzene ring substituents is 1. The zero-order valence-corrected chi connectivity index (χ0v) is 10.6. The van der Waals surface area contributed by atoms with E-state index in [9.17, 15) is 14.9 Å². The summed E-state index contributed by atoms with van der Waals surface area (Å²) in [4.78, 5) is 22.1. The molecular weight excluding hydrogens is 246 g/mol. The number of nitrogens with zero attached hydrogens (tertiary/aromatic N) is 1. The van der Waals surface area contributed by atoms with Gasteiger partial charge in [0, 0.05) is 25.2 Å². The van der Waals surface area contributed by atoms with E-state index < -0.39 is 4.92 Å². The summed E-state index contributed by atoms with van der Waals surface area (Å²) in [6.07, 6.45) is 1.91. The number of rotatable bonds is 4. The minimum Gasteiger partial charge on any atom is -0.352 e. The number of nitro groups is 1. The van der Waals surface area contributed by atoms with E-state index in [4.69, 9.17) is 0 Å². The first kappa shape index (κ1) is 13.5. The third-order valence-corrected chi connectivity index (χ3v) is 3.26. The fourth-order valence-corrected chi connectivity index (χ4v) is 2.19. The predicted molar refractivity (Wildman–Crippen MR) is 70.5 cm³/mol. The fraction of sp³-hybridized carbons (Fsp3) is 0.462. The van der Waals surface area contributed by atoms with Gasteiger partial charge in [0.2, 0.25) is 5.91 Å². The van der Waals surface area contributed by atoms with E-state index in [1.807, 2.05) is 0 Å². The quantitative estimate of drug-likeness (QED) is 0.631. The van der Waals surface area contributed by atoms with Crippen LogP contribution in [-0.4, -0.2) is 23.9 Å². The molecule has 0 saturated carbocycles. The van der Waals surface area contributed by atoms with Gasteiger partial charge in [-0.05, 0) is 24.9 Å². The largest absolute Gasteiger partial charge is 0.352 e. The lowest BCUT2D eigenvalue weighted by atomic mass is 9.99. The van der Waals surface area contributed by atoms with Crippen molar-refractivity contribution in [1.82, 2.24) is 10.6 Å². The SMILES string of the molecule is O=C(NCc1cccc([N+](=O)[O-])c1)C1CCCNC1. The Morgan fingerprint density at radius 1 is 1.53 bits per heavy atom. The second-order valence-electron chi connectivity index (χ2n) is 4.69. The maximum Gasteiger partial charge on any atom is 0.269 e. The van der Waals surface area contributed by atoms with Crippen molar-refractivity contribution in [3.05, 3.63) is 39.9 Å². The van der Waals surface area contributed by atoms with Gasteiger partial charge in [-0.25, -0.2) is 0 Å². The molecule has 0 spiro atoms. The molecule has 1 aromatic carbocycles. The summed E-state index contributed by atoms with van der Waals surface area (Å²) in [6, 6.07) is 6.32. The monoisotopic (exact) mass is 263 g/mol. The molecule has 1 unspecified atom stereocenters. The van der Waals surface area contributed by atoms with E-state index in [-0.39, 0.29) is 17.5 Å². The molecule has 1 aliphatic rings. The topological polar surface area (TPSA) is 84.3 Å². The van der Waals surface area contributed by atoms with Crippen molar-refractivity contribution in [3.63, 3.8) is 0 Å². The molecule has 2 rings (SSSR count). The summed E-state index contributed by atoms with van der Waals surface area (Å²) in [5.74, 6) is 0.0196. The van der Waals surface area contributed by atoms with Crippen LogP contribution in [0.4, 0.5) is 5.69 Å². The normalized spacial score (nSPS) is 18.8. The van der Waals surface area contributed by atoms with Gasteiger partial charge in [0.05, 0.1) is 10.8 Å². The summed E-state index contributed by atoms with van der Waals surface area (Å²) in [7, 11) is 0. The third-order valence-electron chi connectivity index (χ3n) is 3.26. The van der Waals surface area contributed by atoms with Crippen LogP contribution in [-0.2, 0) is 11.3 Å². The van der Waals surface area contributed by atoms with Gasteiger partial charge in [-0.2, -0.15) is 0 Å². The number of benzene rings is 1. The second-order valence-corrected chi connectivity index (χ2v) is 4.69. The molecule has 0 radical (unpaired) electrons. The molecule has 0 aliphatic carbocycles. The van der Waals surface area contributed by atoms with Crippen LogP contribution in [0.15, 0.2) is 24.3 Å². The molecule has 1 aromatic rings. The smallest absolute Gasteiger partial charge is 0.269 e. The lowest BCUT2D eigenvalue weighted by molar-refractivity contribution is -0.384. The molecule has 1 fully saturated rings. The van der Waals surface area contributed by atoms with E-state index in [2.05, 4.69) is 10.6 Å². The molecule has 1 aliphatic heterocycles. The Morgan fingerprint density at radius 3 is 3.05 bits per heavy atom. The molecule has 6 nitrogen and oxygen atoms in total. The summed E-state index contributed by atoms with van der Waals surface area (Å²) < 4.78 is 0. The standard InChI is InChI=1S/C13H17N3O3/c17-13(11-4-2-6-14-9-11)15-8-10-3-1-5-12(7-10)16(18)19/h1,3,5,7,11,14H,2,4,6,8-9H2,(H,15,17). The molecule has 1 atom stereocenters. The average Bonchev–Trinajstić information content (AvgIpc) is 2.46. The van der Waals surface area contributed by atoms with Crippen molar-refractivity contribution in [1.29, 1.82) is 0 Å². The highest BCUT2D eigenvalue weighted by Gasteiger charge is 2.20. The fourth-order valence-electron chi connectivity index (χ4n) is 2.19. The number of hydrogen-bond acceptors (Lipinski definition) is 4. The lowest BCUT2D eigenvalue weighted by Crippen LogP contribution is -2.40. The van der Waals surface area contributed by atoms with E-state index in [1.165, 1.54) is 12.1 Å². The zero-order chi connectivity index (χ0) is 13.7. The first-order valence-corrected chi connectivity index (χ1v) is 6.38. The highest BCUT2D eigenvalue weighted by atomic mass is 16.6. The molecule has 0 bridgehead atoms. The van der Waals surface area contributed by atoms with Gasteiger partial charge in [0.1, 0.15) is 0 Å². The van der Waals surface area contributed by atoms with Crippen LogP contribution in [0.5, 0.6) is 0 Å². The van der Waals surface area contributed by atoms with Gasteiger partial charge < -0.3 is 10.6 Å². The number of hydrogen-bond donors (Lipinski definition) is 2. The maximum absolute atomic E-state index is 11.9. The number of piperidine rings is 1. The summed E-state index contributed by atoms with van der Waals surface area (Å²) in [5, 5.41) is 16.7. The van der Waals surface area contributed by atoms with Crippen molar-refractivity contribution in [3.8, 4) is 0 Å². The Balaban J connectivity index is 1.89. The molecule has 2 N–H and O–H groups in total. The van der Waals surface area contributed by atoms with Crippen molar-refractivity contribution < 1.29 is 9.72 Å². The van der Waals surface area contributed by atoms with Crippen LogP contribution in [0.25, 0.3) is 0 Å². The molecule has 1 heterocycles. The molecule has 1 amide bonds. The number of carbonyl (C=O) groups is 1. The van der Waals surface area contributed by atoms with Gasteiger partial charge in [-0.15, -0.1) is 0 Å². The molecule has 6 heteroatoms. The van der Waals surface area contributed by atoms with Crippen molar-refractivity contribution in [2.75, 3.05) is 13.1 Å². The number of carbonyl (C=O) groups excluding carboxylic acids is 1. The lowest BCUT2D eigenvalue weighted by Gasteiger charge is -2.21. The van der Waals surface area contributed by atoms with Crippen LogP contribution < -0.4 is 10.6 Å². The van der Waals surface area contributed by atoms with Gasteiger partial charge in [-0.1, -0.05) is 12.1 Å². The van der Waals surface area contributed by atoms with Crippen molar-refractivity contribution in [2.45, 2.75) is 19.4 Å². The van der Waals surface area contributed by atoms with Crippen LogP contribution >= 0.6 is 0 Å². The first-order valence-electron chi connectivity index (χ1n) is 6.38. The highest BCUT2D eigenvalue weighted by Crippen LogP contribution is 2.14. The Bertz CT molecular complexity index is 470. The predicted octanol–water partition coefficient (Wildman–Crippen LogP) is 1.21. The van der Waals surface area contributed by atoms with E-state index in [1.54, 1.807) is 12.1 Å². The second kappa shape index (κ2) is 6.29.